The molecule has 1 aromatic carbocycles. The van der Waals surface area contributed by atoms with Gasteiger partial charge in [0.2, 0.25) is 11.5 Å². The van der Waals surface area contributed by atoms with Crippen LogP contribution < -0.4 is 5.73 Å². The molecule has 13 heteroatoms. The first kappa shape index (κ1) is 24.1. The molecule has 0 bridgehead atoms. The smallest absolute Gasteiger partial charge is 0.312 e. The number of benzene rings is 1. The van der Waals surface area contributed by atoms with E-state index in [1.165, 1.54) is 19.0 Å². The molecule has 0 saturated carbocycles. The summed E-state index contributed by atoms with van der Waals surface area (Å²) in [6.45, 7) is 0. The van der Waals surface area contributed by atoms with Gasteiger partial charge in [0.25, 0.3) is 5.91 Å². The Bertz CT molecular complexity index is 1270. The molecule has 1 amide bonds. The monoisotopic (exact) mass is 585 g/mol. The summed E-state index contributed by atoms with van der Waals surface area (Å²) in [6.07, 6.45) is 0.0119. The molecule has 0 aromatic heterocycles. The molecular weight excluding hydrogens is 565 g/mol. The van der Waals surface area contributed by atoms with E-state index >= 15 is 0 Å². The fraction of sp³-hybridized carbons (Fsp3) is 0.381. The quantitative estimate of drug-likeness (QED) is 0.145. The van der Waals surface area contributed by atoms with Crippen LogP contribution in [0.2, 0.25) is 0 Å². The van der Waals surface area contributed by atoms with Gasteiger partial charge in [0.05, 0.1) is 16.5 Å². The molecule has 34 heavy (non-hydrogen) atoms. The molecule has 0 saturated heterocycles. The molecule has 6 N–H and O–H groups in total. The van der Waals surface area contributed by atoms with E-state index in [1.807, 2.05) is 22.6 Å². The van der Waals surface area contributed by atoms with Crippen molar-refractivity contribution in [2.75, 3.05) is 14.1 Å². The molecule has 3 aliphatic rings. The van der Waals surface area contributed by atoms with E-state index < -0.39 is 74.4 Å². The van der Waals surface area contributed by atoms with Gasteiger partial charge >= 0.3 is 5.69 Å². The number of allylic oxidation sites excluding steroid dienone is 1. The number of nitro groups is 1. The Morgan fingerprint density at radius 3 is 2.44 bits per heavy atom. The maximum Gasteiger partial charge on any atom is 0.312 e. The number of hydrogen-bond acceptors (Lipinski definition) is 10. The molecule has 4 rings (SSSR count). The van der Waals surface area contributed by atoms with E-state index in [9.17, 15) is 44.9 Å². The van der Waals surface area contributed by atoms with Gasteiger partial charge in [-0.2, -0.15) is 0 Å². The highest BCUT2D eigenvalue weighted by Gasteiger charge is 2.63. The molecule has 0 spiro atoms. The van der Waals surface area contributed by atoms with E-state index in [-0.39, 0.29) is 24.0 Å². The molecule has 0 heterocycles. The van der Waals surface area contributed by atoms with Crippen molar-refractivity contribution in [2.45, 2.75) is 24.5 Å². The zero-order chi connectivity index (χ0) is 25.4. The molecule has 180 valence electrons. The Morgan fingerprint density at radius 1 is 1.29 bits per heavy atom. The maximum absolute atomic E-state index is 13.4. The van der Waals surface area contributed by atoms with E-state index in [2.05, 4.69) is 0 Å². The van der Waals surface area contributed by atoms with Gasteiger partial charge in [-0.3, -0.25) is 29.4 Å². The second kappa shape index (κ2) is 7.74. The number of aliphatic hydroxyl groups excluding tert-OH is 2. The van der Waals surface area contributed by atoms with Crippen molar-refractivity contribution in [1.29, 1.82) is 0 Å². The number of phenolic OH excluding ortho intramolecular Hbond substituents is 1. The average Bonchev–Trinajstić information content (AvgIpc) is 2.72. The number of primary amides is 1. The van der Waals surface area contributed by atoms with Crippen molar-refractivity contribution in [2.24, 2.45) is 17.6 Å². The number of phenols is 1. The maximum atomic E-state index is 13.4. The lowest BCUT2D eigenvalue weighted by atomic mass is 9.58. The molecule has 3 aliphatic carbocycles. The Hall–Kier alpha value is -3.04. The molecule has 0 fully saturated rings. The van der Waals surface area contributed by atoms with Gasteiger partial charge in [0.1, 0.15) is 17.1 Å². The van der Waals surface area contributed by atoms with E-state index in [4.69, 9.17) is 5.73 Å². The Labute approximate surface area is 205 Å². The highest BCUT2D eigenvalue weighted by Crippen LogP contribution is 2.53. The summed E-state index contributed by atoms with van der Waals surface area (Å²) in [5, 5.41) is 55.1. The van der Waals surface area contributed by atoms with Crippen molar-refractivity contribution in [1.82, 2.24) is 4.90 Å². The fourth-order valence-electron chi connectivity index (χ4n) is 5.40. The van der Waals surface area contributed by atoms with Gasteiger partial charge in [0.15, 0.2) is 11.4 Å². The predicted octanol–water partition coefficient (Wildman–Crippen LogP) is 0.633. The summed E-state index contributed by atoms with van der Waals surface area (Å²) in [5.41, 5.74) is 0.489. The van der Waals surface area contributed by atoms with Crippen molar-refractivity contribution in [3.05, 3.63) is 53.5 Å². The normalized spacial score (nSPS) is 28.6. The first-order chi connectivity index (χ1) is 15.7. The summed E-state index contributed by atoms with van der Waals surface area (Å²) >= 11 is 1.81. The van der Waals surface area contributed by atoms with E-state index in [0.29, 0.717) is 9.13 Å². The third-order valence-corrected chi connectivity index (χ3v) is 7.81. The Balaban J connectivity index is 1.99. The minimum absolute atomic E-state index is 0.0560. The molecule has 0 unspecified atom stereocenters. The van der Waals surface area contributed by atoms with Gasteiger partial charge in [-0.1, -0.05) is 0 Å². The summed E-state index contributed by atoms with van der Waals surface area (Å²) in [4.78, 5) is 50.5. The van der Waals surface area contributed by atoms with Crippen LogP contribution in [0.25, 0.3) is 0 Å². The number of ketones is 2. The third-order valence-electron chi connectivity index (χ3n) is 6.84. The lowest BCUT2D eigenvalue weighted by Gasteiger charge is -2.50. The summed E-state index contributed by atoms with van der Waals surface area (Å²) in [6, 6.07) is 0.0469. The first-order valence-corrected chi connectivity index (χ1v) is 11.2. The van der Waals surface area contributed by atoms with Gasteiger partial charge in [-0.15, -0.1) is 0 Å². The van der Waals surface area contributed by atoms with Gasteiger partial charge in [0, 0.05) is 21.1 Å². The molecular formula is C21H20IN3O9. The van der Waals surface area contributed by atoms with Crippen LogP contribution in [-0.2, 0) is 16.0 Å². The van der Waals surface area contributed by atoms with Gasteiger partial charge < -0.3 is 26.2 Å². The molecule has 4 atom stereocenters. The number of nitrogens with zero attached hydrogens (tertiary/aromatic N) is 2. The highest BCUT2D eigenvalue weighted by molar-refractivity contribution is 14.1. The lowest BCUT2D eigenvalue weighted by molar-refractivity contribution is -0.386. The number of nitro benzene ring substituents is 1. The number of likely N-dealkylation sites (N-methyl/N-ethyl adjacent to an activating group) is 1. The number of aliphatic hydroxyl groups is 3. The number of carbonyl (C=O) groups is 3. The van der Waals surface area contributed by atoms with E-state index in [0.717, 1.165) is 6.07 Å². The predicted molar refractivity (Wildman–Crippen MR) is 123 cm³/mol. The number of carbonyl (C=O) groups excluding carboxylic acids is 3. The van der Waals surface area contributed by atoms with Gasteiger partial charge in [-0.25, -0.2) is 0 Å². The molecule has 12 nitrogen and oxygen atoms in total. The second-order valence-electron chi connectivity index (χ2n) is 8.80. The number of hydrogen-bond donors (Lipinski definition) is 5. The summed E-state index contributed by atoms with van der Waals surface area (Å²) in [7, 11) is 3.07. The number of halogens is 1. The Morgan fingerprint density at radius 2 is 1.91 bits per heavy atom. The van der Waals surface area contributed by atoms with Crippen LogP contribution in [0.3, 0.4) is 0 Å². The van der Waals surface area contributed by atoms with Crippen LogP contribution in [0.4, 0.5) is 5.69 Å². The summed E-state index contributed by atoms with van der Waals surface area (Å²) < 4.78 is 0.354. The molecule has 1 aromatic rings. The van der Waals surface area contributed by atoms with Crippen LogP contribution >= 0.6 is 22.6 Å². The van der Waals surface area contributed by atoms with Crippen LogP contribution in [0.1, 0.15) is 22.3 Å². The lowest BCUT2D eigenvalue weighted by Crippen LogP contribution is -2.63. The SMILES string of the molecule is CN(C)[C@@H]1C(O)=C(C(N)=O)C(=O)[C@@]2(O)C(O)=C3C(=O)c4c(O)c([N+](=O)[O-])cc(I)c4C[C@H]3C[C@@H]12. The topological polar surface area (TPSA) is 205 Å². The fourth-order valence-corrected chi connectivity index (χ4v) is 6.18. The average molecular weight is 585 g/mol. The zero-order valence-corrected chi connectivity index (χ0v) is 20.1. The van der Waals surface area contributed by atoms with Crippen LogP contribution in [-0.4, -0.2) is 73.5 Å². The van der Waals surface area contributed by atoms with Crippen molar-refractivity contribution >= 4 is 45.8 Å². The number of Topliss-reactive ketones (excluding diaryl/α,β-unsaturated/α-hetero) is 2. The number of aromatic hydroxyl groups is 1. The van der Waals surface area contributed by atoms with Crippen molar-refractivity contribution in [3.63, 3.8) is 0 Å². The summed E-state index contributed by atoms with van der Waals surface area (Å²) in [5.74, 6) is -8.06. The zero-order valence-electron chi connectivity index (χ0n) is 17.9. The first-order valence-electron chi connectivity index (χ1n) is 10.1. The van der Waals surface area contributed by atoms with Gasteiger partial charge in [-0.05, 0) is 61.0 Å². The molecule has 0 aliphatic heterocycles. The van der Waals surface area contributed by atoms with Crippen molar-refractivity contribution in [3.8, 4) is 5.75 Å². The van der Waals surface area contributed by atoms with Crippen molar-refractivity contribution < 1.29 is 39.7 Å². The number of amides is 1. The Kier molecular flexibility index (Phi) is 5.49. The molecule has 0 radical (unpaired) electrons. The van der Waals surface area contributed by atoms with Crippen LogP contribution in [0, 0.1) is 25.5 Å². The number of fused-ring (bicyclic) bond motifs is 3. The number of rotatable bonds is 3. The standard InChI is InChI=1S/C21H20IN3O9/c1-24(2)14-8-4-6-3-7-9(22)5-10(25(33)34)15(26)12(7)16(27)11(6)18(29)21(8,32)19(30)13(17(14)28)20(23)31/h5-6,8,14,26,28-29,32H,3-4H2,1-2H3,(H2,23,31)/t6-,8-,14-,21-/m0/s1. The highest BCUT2D eigenvalue weighted by atomic mass is 127. The van der Waals surface area contributed by atoms with Crippen LogP contribution in [0.15, 0.2) is 28.7 Å². The second-order valence-corrected chi connectivity index (χ2v) is 9.96. The van der Waals surface area contributed by atoms with E-state index in [1.54, 1.807) is 0 Å². The number of nitrogens with two attached hydrogens (primary N) is 1. The largest absolute Gasteiger partial charge is 0.510 e. The third kappa shape index (κ3) is 2.99. The minimum Gasteiger partial charge on any atom is -0.510 e. The minimum atomic E-state index is -2.76. The van der Waals surface area contributed by atoms with Crippen LogP contribution in [0.5, 0.6) is 5.75 Å².